The Kier molecular flexibility index (Phi) is 65.7. The molecule has 550 valence electrons. The normalized spacial score (nSPS) is 14.7. The van der Waals surface area contributed by atoms with Crippen LogP contribution in [0.15, 0.2) is 122 Å². The lowest BCUT2D eigenvalue weighted by atomic mass is 10.1. The predicted octanol–water partition coefficient (Wildman–Crippen LogP) is 20.8. The van der Waals surface area contributed by atoms with Gasteiger partial charge in [0.15, 0.2) is 12.2 Å². The minimum absolute atomic E-state index is 0.0299. The number of phosphoric acid groups is 2. The summed E-state index contributed by atoms with van der Waals surface area (Å²) in [6.45, 7) is 4.47. The number of aliphatic hydroxyl groups is 1. The molecule has 0 radical (unpaired) electrons. The Hall–Kier alpha value is -4.54. The number of carbonyl (C=O) groups excluding carboxylic acids is 4. The molecule has 0 amide bonds. The second-order valence-corrected chi connectivity index (χ2v) is 27.0. The number of allylic oxidation sites excluding steroid dienone is 20. The van der Waals surface area contributed by atoms with Crippen LogP contribution < -0.4 is 0 Å². The van der Waals surface area contributed by atoms with Crippen molar-refractivity contribution in [3.63, 3.8) is 0 Å². The quantitative estimate of drug-likeness (QED) is 0.0169. The Bertz CT molecular complexity index is 2300. The molecule has 0 aliphatic heterocycles. The van der Waals surface area contributed by atoms with E-state index in [1.165, 1.54) is 51.4 Å². The third kappa shape index (κ3) is 68.0. The van der Waals surface area contributed by atoms with Crippen molar-refractivity contribution in [2.75, 3.05) is 39.6 Å². The van der Waals surface area contributed by atoms with E-state index in [1.54, 1.807) is 0 Å². The van der Waals surface area contributed by atoms with Crippen molar-refractivity contribution in [1.82, 2.24) is 0 Å². The topological polar surface area (TPSA) is 237 Å². The van der Waals surface area contributed by atoms with E-state index in [0.29, 0.717) is 32.1 Å². The van der Waals surface area contributed by atoms with Crippen LogP contribution in [0.4, 0.5) is 0 Å². The van der Waals surface area contributed by atoms with Crippen molar-refractivity contribution in [1.29, 1.82) is 0 Å². The van der Waals surface area contributed by atoms with Crippen LogP contribution in [0, 0.1) is 0 Å². The zero-order valence-corrected chi connectivity index (χ0v) is 61.5. The van der Waals surface area contributed by atoms with E-state index in [2.05, 4.69) is 131 Å². The van der Waals surface area contributed by atoms with E-state index in [4.69, 9.17) is 37.0 Å². The fourth-order valence-electron chi connectivity index (χ4n) is 9.36. The summed E-state index contributed by atoms with van der Waals surface area (Å²) in [6, 6.07) is 0. The third-order valence-electron chi connectivity index (χ3n) is 14.9. The van der Waals surface area contributed by atoms with Gasteiger partial charge in [-0.25, -0.2) is 9.13 Å². The third-order valence-corrected chi connectivity index (χ3v) is 16.8. The van der Waals surface area contributed by atoms with Gasteiger partial charge in [0.1, 0.15) is 19.3 Å². The van der Waals surface area contributed by atoms with Crippen LogP contribution in [-0.4, -0.2) is 96.7 Å². The average molecular weight is 1390 g/mol. The van der Waals surface area contributed by atoms with Crippen molar-refractivity contribution in [3.05, 3.63) is 122 Å². The molecule has 19 heteroatoms. The van der Waals surface area contributed by atoms with Crippen molar-refractivity contribution in [2.45, 2.75) is 303 Å². The fourth-order valence-corrected chi connectivity index (χ4v) is 10.9. The molecule has 0 aromatic rings. The summed E-state index contributed by atoms with van der Waals surface area (Å²) in [4.78, 5) is 72.6. The van der Waals surface area contributed by atoms with Crippen molar-refractivity contribution in [3.8, 4) is 0 Å². The number of hydrogen-bond donors (Lipinski definition) is 3. The highest BCUT2D eigenvalue weighted by Crippen LogP contribution is 2.45. The number of aliphatic hydroxyl groups excluding tert-OH is 1. The van der Waals surface area contributed by atoms with Gasteiger partial charge in [-0.05, 0) is 116 Å². The number of hydrogen-bond acceptors (Lipinski definition) is 15. The number of ether oxygens (including phenoxy) is 4. The maximum atomic E-state index is 13.1. The zero-order chi connectivity index (χ0) is 70.4. The molecule has 0 aromatic carbocycles. The van der Waals surface area contributed by atoms with Gasteiger partial charge in [-0.3, -0.25) is 37.3 Å². The largest absolute Gasteiger partial charge is 0.472 e. The van der Waals surface area contributed by atoms with Crippen LogP contribution in [0.2, 0.25) is 0 Å². The van der Waals surface area contributed by atoms with Crippen LogP contribution >= 0.6 is 15.6 Å². The summed E-state index contributed by atoms with van der Waals surface area (Å²) >= 11 is 0. The summed E-state index contributed by atoms with van der Waals surface area (Å²) in [5, 5.41) is 10.6. The molecule has 0 heterocycles. The van der Waals surface area contributed by atoms with E-state index in [0.717, 1.165) is 148 Å². The van der Waals surface area contributed by atoms with Gasteiger partial charge in [-0.1, -0.05) is 265 Å². The Labute approximate surface area is 581 Å². The summed E-state index contributed by atoms with van der Waals surface area (Å²) in [5.41, 5.74) is 0. The van der Waals surface area contributed by atoms with E-state index < -0.39 is 97.5 Å². The predicted molar refractivity (Wildman–Crippen MR) is 390 cm³/mol. The second kappa shape index (κ2) is 69.0. The van der Waals surface area contributed by atoms with E-state index in [1.807, 2.05) is 18.2 Å². The summed E-state index contributed by atoms with van der Waals surface area (Å²) < 4.78 is 68.2. The molecular formula is C77H130O17P2. The van der Waals surface area contributed by atoms with Gasteiger partial charge in [-0.15, -0.1) is 0 Å². The van der Waals surface area contributed by atoms with Crippen LogP contribution in [0.3, 0.4) is 0 Å². The fraction of sp³-hybridized carbons (Fsp3) is 0.688. The maximum Gasteiger partial charge on any atom is 0.472 e. The molecule has 96 heavy (non-hydrogen) atoms. The highest BCUT2D eigenvalue weighted by molar-refractivity contribution is 7.47. The van der Waals surface area contributed by atoms with Gasteiger partial charge in [0.05, 0.1) is 26.4 Å². The molecule has 5 unspecified atom stereocenters. The van der Waals surface area contributed by atoms with Gasteiger partial charge >= 0.3 is 39.5 Å². The minimum atomic E-state index is -4.99. The SMILES string of the molecule is CC/C=C\C/C=C\C/C=C\C/C=C\C/C=C\C/C=C\CCC(=O)OCC(COP(=O)(O)OCC(O)COP(=O)(O)OCC(COC(=O)CCCCCCC/C=C\CCCC)OC(=O)CCCCCCCCCCCCC)OC(=O)CCCCCCC/C=C\C/C=C\C/C=C\CC. The number of rotatable bonds is 68. The molecule has 0 fully saturated rings. The monoisotopic (exact) mass is 1390 g/mol. The summed E-state index contributed by atoms with van der Waals surface area (Å²) in [6.07, 6.45) is 73.7. The van der Waals surface area contributed by atoms with E-state index >= 15 is 0 Å². The standard InChI is InChI=1S/C77H130O17P2/c1-5-9-13-17-21-25-29-31-33-34-35-36-38-39-43-46-50-54-58-62-75(80)88-68-73(94-77(82)64-60-56-52-48-44-40-37-32-30-26-22-18-14-10-6-2)70-92-96(85,86)90-66-71(78)65-89-95(83,84)91-69-72(93-76(81)63-59-55-51-47-42-28-24-20-16-12-8-4)67-87-74(79)61-57-53-49-45-41-27-23-19-15-11-7-3/h9-10,13-14,19,21-23,25-26,31-33,35-37,39,43,50,54,71-73,78H,5-8,11-12,15-18,20,24,27-30,34,38,40-42,44-49,51-53,55-70H2,1-4H3,(H,83,84)(H,85,86)/b13-9-,14-10-,23-19-,25-21-,26-22-,33-31-,36-35-,37-32-,43-39-,54-50-. The highest BCUT2D eigenvalue weighted by Gasteiger charge is 2.30. The van der Waals surface area contributed by atoms with Crippen LogP contribution in [0.5, 0.6) is 0 Å². The number of phosphoric ester groups is 2. The first kappa shape index (κ1) is 91.5. The van der Waals surface area contributed by atoms with Gasteiger partial charge in [0, 0.05) is 25.7 Å². The molecule has 5 atom stereocenters. The molecule has 0 rings (SSSR count). The zero-order valence-electron chi connectivity index (χ0n) is 59.8. The molecule has 0 saturated carbocycles. The van der Waals surface area contributed by atoms with Crippen molar-refractivity contribution >= 4 is 39.5 Å². The van der Waals surface area contributed by atoms with Crippen molar-refractivity contribution in [2.24, 2.45) is 0 Å². The van der Waals surface area contributed by atoms with Crippen LogP contribution in [0.1, 0.15) is 285 Å². The highest BCUT2D eigenvalue weighted by atomic mass is 31.2. The Balaban J connectivity index is 5.40. The number of unbranched alkanes of at least 4 members (excludes halogenated alkanes) is 22. The minimum Gasteiger partial charge on any atom is -0.462 e. The van der Waals surface area contributed by atoms with Crippen LogP contribution in [-0.2, 0) is 65.4 Å². The molecule has 17 nitrogen and oxygen atoms in total. The molecule has 0 bridgehead atoms. The lowest BCUT2D eigenvalue weighted by Crippen LogP contribution is -2.30. The Morgan fingerprint density at radius 3 is 0.938 bits per heavy atom. The Morgan fingerprint density at radius 1 is 0.302 bits per heavy atom. The van der Waals surface area contributed by atoms with E-state index in [9.17, 15) is 43.2 Å². The molecule has 0 spiro atoms. The van der Waals surface area contributed by atoms with Gasteiger partial charge in [-0.2, -0.15) is 0 Å². The number of carbonyl (C=O) groups is 4. The lowest BCUT2D eigenvalue weighted by molar-refractivity contribution is -0.161. The second-order valence-electron chi connectivity index (χ2n) is 24.1. The van der Waals surface area contributed by atoms with Gasteiger partial charge in [0.2, 0.25) is 0 Å². The summed E-state index contributed by atoms with van der Waals surface area (Å²) in [7, 11) is -9.97. The van der Waals surface area contributed by atoms with Crippen LogP contribution in [0.25, 0.3) is 0 Å². The molecule has 0 saturated heterocycles. The molecule has 3 N–H and O–H groups in total. The van der Waals surface area contributed by atoms with Crippen molar-refractivity contribution < 1.29 is 80.2 Å². The first-order valence-corrected chi connectivity index (χ1v) is 39.8. The van der Waals surface area contributed by atoms with Gasteiger partial charge < -0.3 is 33.8 Å². The lowest BCUT2D eigenvalue weighted by Gasteiger charge is -2.21. The molecule has 0 aliphatic rings. The maximum absolute atomic E-state index is 13.1. The molecule has 0 aliphatic carbocycles. The first-order valence-electron chi connectivity index (χ1n) is 36.8. The number of esters is 4. The Morgan fingerprint density at radius 2 is 0.573 bits per heavy atom. The van der Waals surface area contributed by atoms with Gasteiger partial charge in [0.25, 0.3) is 0 Å². The average Bonchev–Trinajstić information content (AvgIpc) is 1.41. The summed E-state index contributed by atoms with van der Waals surface area (Å²) in [5.74, 6) is -2.30. The van der Waals surface area contributed by atoms with E-state index in [-0.39, 0.29) is 25.7 Å². The molecule has 0 aromatic heterocycles. The first-order chi connectivity index (χ1) is 46.7. The smallest absolute Gasteiger partial charge is 0.462 e. The molecular weight excluding hydrogens is 1260 g/mol.